The number of hydrogen-bond acceptors (Lipinski definition) is 7. The predicted octanol–water partition coefficient (Wildman–Crippen LogP) is 4.75. The highest BCUT2D eigenvalue weighted by Crippen LogP contribution is 2.30. The molecule has 0 amide bonds. The second-order valence-electron chi connectivity index (χ2n) is 9.79. The number of hydrogen-bond donors (Lipinski definition) is 2. The number of aromatic nitrogens is 6. The standard InChI is InChI=1S/C27H31N9/c1-17(2)36-18(3)30-24-9-8-23(32-26(24)36)21-15-28-25-22(21)16-29-27(33-25)31-19-6-5-7-20(14-19)35-12-10-34(4)11-13-35/h5-9,14-17H,10-13H2,1-4H3,(H2,28,29,31,33). The molecule has 6 rings (SSSR count). The molecule has 1 aliphatic heterocycles. The fourth-order valence-electron chi connectivity index (χ4n) is 5.01. The zero-order valence-corrected chi connectivity index (χ0v) is 21.2. The van der Waals surface area contributed by atoms with Crippen molar-refractivity contribution in [3.8, 4) is 11.3 Å². The molecule has 0 radical (unpaired) electrons. The number of aryl methyl sites for hydroxylation is 1. The molecule has 1 saturated heterocycles. The average molecular weight is 482 g/mol. The number of likely N-dealkylation sites (N-methyl/N-ethyl adjacent to an activating group) is 1. The predicted molar refractivity (Wildman–Crippen MR) is 145 cm³/mol. The van der Waals surface area contributed by atoms with Crippen molar-refractivity contribution < 1.29 is 0 Å². The van der Waals surface area contributed by atoms with Crippen LogP contribution in [0.3, 0.4) is 0 Å². The van der Waals surface area contributed by atoms with E-state index in [1.165, 1.54) is 5.69 Å². The number of fused-ring (bicyclic) bond motifs is 2. The summed E-state index contributed by atoms with van der Waals surface area (Å²) < 4.78 is 2.17. The lowest BCUT2D eigenvalue weighted by atomic mass is 10.1. The Morgan fingerprint density at radius 3 is 2.64 bits per heavy atom. The van der Waals surface area contributed by atoms with E-state index in [2.05, 4.69) is 73.7 Å². The fraction of sp³-hybridized carbons (Fsp3) is 0.333. The van der Waals surface area contributed by atoms with E-state index in [0.717, 1.165) is 71.1 Å². The minimum atomic E-state index is 0.285. The molecule has 2 N–H and O–H groups in total. The molecule has 1 aromatic carbocycles. The maximum absolute atomic E-state index is 4.96. The maximum Gasteiger partial charge on any atom is 0.229 e. The molecule has 1 fully saturated rings. The summed E-state index contributed by atoms with van der Waals surface area (Å²) in [5.41, 5.74) is 6.62. The molecule has 0 spiro atoms. The SMILES string of the molecule is Cc1nc2ccc(-c3c[nH]c4nc(Nc5cccc(N6CCN(C)CC6)c5)ncc34)nc2n1C(C)C. The minimum absolute atomic E-state index is 0.285. The van der Waals surface area contributed by atoms with Gasteiger partial charge in [-0.2, -0.15) is 4.98 Å². The van der Waals surface area contributed by atoms with Crippen LogP contribution in [0.25, 0.3) is 33.5 Å². The molecular weight excluding hydrogens is 450 g/mol. The van der Waals surface area contributed by atoms with Gasteiger partial charge in [-0.3, -0.25) is 0 Å². The first kappa shape index (κ1) is 22.5. The summed E-state index contributed by atoms with van der Waals surface area (Å²) in [6.07, 6.45) is 3.81. The van der Waals surface area contributed by atoms with Gasteiger partial charge in [-0.15, -0.1) is 0 Å². The van der Waals surface area contributed by atoms with E-state index in [4.69, 9.17) is 9.97 Å². The van der Waals surface area contributed by atoms with Crippen LogP contribution in [0, 0.1) is 6.92 Å². The highest BCUT2D eigenvalue weighted by molar-refractivity contribution is 5.93. The Labute approximate surface area is 210 Å². The Hall–Kier alpha value is -3.98. The van der Waals surface area contributed by atoms with Gasteiger partial charge in [-0.05, 0) is 58.2 Å². The Bertz CT molecular complexity index is 1540. The van der Waals surface area contributed by atoms with E-state index in [9.17, 15) is 0 Å². The van der Waals surface area contributed by atoms with Crippen LogP contribution >= 0.6 is 0 Å². The smallest absolute Gasteiger partial charge is 0.229 e. The molecule has 0 bridgehead atoms. The van der Waals surface area contributed by atoms with Crippen LogP contribution in [-0.2, 0) is 0 Å². The molecular formula is C27H31N9. The van der Waals surface area contributed by atoms with Crippen molar-refractivity contribution in [2.24, 2.45) is 0 Å². The molecule has 1 aliphatic rings. The van der Waals surface area contributed by atoms with Crippen molar-refractivity contribution in [3.05, 3.63) is 54.6 Å². The van der Waals surface area contributed by atoms with E-state index >= 15 is 0 Å². The quantitative estimate of drug-likeness (QED) is 0.374. The van der Waals surface area contributed by atoms with Crippen molar-refractivity contribution in [2.75, 3.05) is 43.4 Å². The monoisotopic (exact) mass is 481 g/mol. The zero-order valence-electron chi connectivity index (χ0n) is 21.2. The number of nitrogens with zero attached hydrogens (tertiary/aromatic N) is 7. The highest BCUT2D eigenvalue weighted by atomic mass is 15.2. The number of H-pyrrole nitrogens is 1. The lowest BCUT2D eigenvalue weighted by Gasteiger charge is -2.34. The number of aromatic amines is 1. The van der Waals surface area contributed by atoms with Crippen LogP contribution < -0.4 is 10.2 Å². The van der Waals surface area contributed by atoms with E-state index in [0.29, 0.717) is 5.95 Å². The van der Waals surface area contributed by atoms with Crippen molar-refractivity contribution in [2.45, 2.75) is 26.8 Å². The third-order valence-corrected chi connectivity index (χ3v) is 6.91. The Morgan fingerprint density at radius 2 is 1.83 bits per heavy atom. The van der Waals surface area contributed by atoms with Crippen LogP contribution in [0.2, 0.25) is 0 Å². The lowest BCUT2D eigenvalue weighted by molar-refractivity contribution is 0.313. The number of pyridine rings is 1. The topological polar surface area (TPSA) is 90.8 Å². The van der Waals surface area contributed by atoms with Gasteiger partial charge in [-0.1, -0.05) is 6.07 Å². The van der Waals surface area contributed by atoms with Crippen molar-refractivity contribution >= 4 is 39.5 Å². The summed E-state index contributed by atoms with van der Waals surface area (Å²) in [6.45, 7) is 10.5. The molecule has 9 nitrogen and oxygen atoms in total. The van der Waals surface area contributed by atoms with Gasteiger partial charge in [0.1, 0.15) is 17.0 Å². The van der Waals surface area contributed by atoms with E-state index in [1.807, 2.05) is 37.5 Å². The summed E-state index contributed by atoms with van der Waals surface area (Å²) in [6, 6.07) is 12.8. The zero-order chi connectivity index (χ0) is 24.8. The first-order valence-corrected chi connectivity index (χ1v) is 12.5. The third-order valence-electron chi connectivity index (χ3n) is 6.91. The second kappa shape index (κ2) is 8.91. The van der Waals surface area contributed by atoms with E-state index in [-0.39, 0.29) is 6.04 Å². The van der Waals surface area contributed by atoms with Gasteiger partial charge in [0, 0.05) is 66.9 Å². The molecule has 0 atom stereocenters. The summed E-state index contributed by atoms with van der Waals surface area (Å²) in [5.74, 6) is 1.53. The van der Waals surface area contributed by atoms with E-state index < -0.39 is 0 Å². The molecule has 5 heterocycles. The summed E-state index contributed by atoms with van der Waals surface area (Å²) >= 11 is 0. The Kier molecular flexibility index (Phi) is 5.56. The number of piperazine rings is 1. The van der Waals surface area contributed by atoms with Gasteiger partial charge in [0.05, 0.1) is 5.69 Å². The largest absolute Gasteiger partial charge is 0.369 e. The van der Waals surface area contributed by atoms with Gasteiger partial charge in [-0.25, -0.2) is 15.0 Å². The van der Waals surface area contributed by atoms with Gasteiger partial charge in [0.15, 0.2) is 5.65 Å². The number of nitrogens with one attached hydrogen (secondary N) is 2. The normalized spacial score (nSPS) is 14.9. The van der Waals surface area contributed by atoms with Crippen LogP contribution in [0.5, 0.6) is 0 Å². The summed E-state index contributed by atoms with van der Waals surface area (Å²) in [5, 5.41) is 4.31. The first-order chi connectivity index (χ1) is 17.5. The highest BCUT2D eigenvalue weighted by Gasteiger charge is 2.17. The number of benzene rings is 1. The lowest BCUT2D eigenvalue weighted by Crippen LogP contribution is -2.44. The van der Waals surface area contributed by atoms with Crippen LogP contribution in [0.4, 0.5) is 17.3 Å². The second-order valence-corrected chi connectivity index (χ2v) is 9.79. The van der Waals surface area contributed by atoms with E-state index in [1.54, 1.807) is 0 Å². The van der Waals surface area contributed by atoms with Crippen molar-refractivity contribution in [1.82, 2.24) is 34.4 Å². The molecule has 4 aromatic heterocycles. The number of imidazole rings is 1. The molecule has 5 aromatic rings. The molecule has 0 aliphatic carbocycles. The first-order valence-electron chi connectivity index (χ1n) is 12.5. The third kappa shape index (κ3) is 4.05. The Balaban J connectivity index is 1.27. The van der Waals surface area contributed by atoms with Gasteiger partial charge in [0.25, 0.3) is 0 Å². The van der Waals surface area contributed by atoms with Gasteiger partial charge in [0.2, 0.25) is 5.95 Å². The number of rotatable bonds is 5. The van der Waals surface area contributed by atoms with Crippen LogP contribution in [0.15, 0.2) is 48.8 Å². The Morgan fingerprint density at radius 1 is 1.00 bits per heavy atom. The van der Waals surface area contributed by atoms with Crippen LogP contribution in [0.1, 0.15) is 25.7 Å². The van der Waals surface area contributed by atoms with Gasteiger partial charge >= 0.3 is 0 Å². The summed E-state index contributed by atoms with van der Waals surface area (Å²) in [7, 11) is 2.17. The van der Waals surface area contributed by atoms with Crippen LogP contribution in [-0.4, -0.2) is 67.6 Å². The molecule has 36 heavy (non-hydrogen) atoms. The van der Waals surface area contributed by atoms with Crippen molar-refractivity contribution in [1.29, 1.82) is 0 Å². The minimum Gasteiger partial charge on any atom is -0.369 e. The van der Waals surface area contributed by atoms with Crippen molar-refractivity contribution in [3.63, 3.8) is 0 Å². The fourth-order valence-corrected chi connectivity index (χ4v) is 5.01. The number of anilines is 3. The van der Waals surface area contributed by atoms with Gasteiger partial charge < -0.3 is 24.7 Å². The molecule has 9 heteroatoms. The summed E-state index contributed by atoms with van der Waals surface area (Å²) in [4.78, 5) is 27.1. The molecule has 0 saturated carbocycles. The maximum atomic E-state index is 4.96. The molecule has 0 unspecified atom stereocenters. The molecule has 184 valence electrons. The average Bonchev–Trinajstić information content (AvgIpc) is 3.44.